The summed E-state index contributed by atoms with van der Waals surface area (Å²) in [4.78, 5) is 25.1. The summed E-state index contributed by atoms with van der Waals surface area (Å²) in [5.41, 5.74) is 1.72. The Morgan fingerprint density at radius 2 is 1.80 bits per heavy atom. The summed E-state index contributed by atoms with van der Waals surface area (Å²) in [6.45, 7) is 2.29. The van der Waals surface area contributed by atoms with E-state index in [2.05, 4.69) is 16.7 Å². The maximum Gasteiger partial charge on any atom is 0.251 e. The van der Waals surface area contributed by atoms with Crippen molar-refractivity contribution in [3.8, 4) is 0 Å². The van der Waals surface area contributed by atoms with Gasteiger partial charge in [-0.05, 0) is 50.7 Å². The molecule has 3 rings (SSSR count). The number of rotatable bonds is 0. The van der Waals surface area contributed by atoms with Crippen LogP contribution >= 0.6 is 0 Å². The number of nitrogens with one attached hydrogen (secondary N) is 2. The van der Waals surface area contributed by atoms with Gasteiger partial charge < -0.3 is 15.4 Å². The maximum atomic E-state index is 12.8. The Bertz CT molecular complexity index is 656. The van der Waals surface area contributed by atoms with Crippen molar-refractivity contribution in [2.75, 3.05) is 6.61 Å². The fourth-order valence-electron chi connectivity index (χ4n) is 3.49. The second-order valence-electron chi connectivity index (χ2n) is 6.76. The van der Waals surface area contributed by atoms with Crippen LogP contribution in [0.5, 0.6) is 0 Å². The number of benzene rings is 1. The molecule has 134 valence electrons. The summed E-state index contributed by atoms with van der Waals surface area (Å²) in [6.07, 6.45) is 7.83. The van der Waals surface area contributed by atoms with E-state index in [1.165, 1.54) is 0 Å². The Hall–Kier alpha value is -2.14. The number of hydrogen-bond acceptors (Lipinski definition) is 3. The zero-order valence-electron chi connectivity index (χ0n) is 14.7. The van der Waals surface area contributed by atoms with E-state index >= 15 is 0 Å². The van der Waals surface area contributed by atoms with Gasteiger partial charge in [0.2, 0.25) is 5.91 Å². The normalized spacial score (nSPS) is 29.4. The molecule has 2 amide bonds. The van der Waals surface area contributed by atoms with E-state index in [1.54, 1.807) is 6.92 Å². The Morgan fingerprint density at radius 3 is 2.64 bits per heavy atom. The third-order valence-electron chi connectivity index (χ3n) is 4.95. The SMILES string of the molecule is CC1OCC/C=C/Cc2ccccc2C(=O)N[C@@H]2CCC[C@@H]2NC1=O. The first-order valence-electron chi connectivity index (χ1n) is 9.11. The molecule has 1 aromatic carbocycles. The minimum absolute atomic E-state index is 0.0297. The van der Waals surface area contributed by atoms with Crippen molar-refractivity contribution >= 4 is 11.8 Å². The zero-order chi connectivity index (χ0) is 17.6. The monoisotopic (exact) mass is 342 g/mol. The van der Waals surface area contributed by atoms with Gasteiger partial charge in [-0.1, -0.05) is 30.4 Å². The third kappa shape index (κ3) is 4.48. The van der Waals surface area contributed by atoms with Crippen LogP contribution in [0, 0.1) is 0 Å². The van der Waals surface area contributed by atoms with Gasteiger partial charge in [-0.15, -0.1) is 0 Å². The molecule has 1 aliphatic heterocycles. The highest BCUT2D eigenvalue weighted by Gasteiger charge is 2.31. The lowest BCUT2D eigenvalue weighted by atomic mass is 10.0. The lowest BCUT2D eigenvalue weighted by Gasteiger charge is -2.24. The molecule has 0 aromatic heterocycles. The molecule has 2 N–H and O–H groups in total. The van der Waals surface area contributed by atoms with Crippen LogP contribution in [0.4, 0.5) is 0 Å². The van der Waals surface area contributed by atoms with E-state index < -0.39 is 6.10 Å². The Labute approximate surface area is 148 Å². The molecule has 25 heavy (non-hydrogen) atoms. The number of carbonyl (C=O) groups is 2. The number of ether oxygens (including phenoxy) is 1. The summed E-state index contributed by atoms with van der Waals surface area (Å²) < 4.78 is 5.62. The highest BCUT2D eigenvalue weighted by molar-refractivity contribution is 5.96. The number of allylic oxidation sites excluding steroid dienone is 1. The molecule has 0 bridgehead atoms. The molecule has 2 aliphatic rings. The van der Waals surface area contributed by atoms with Crippen LogP contribution < -0.4 is 10.6 Å². The molecular formula is C20H26N2O3. The predicted molar refractivity (Wildman–Crippen MR) is 96.4 cm³/mol. The second-order valence-corrected chi connectivity index (χ2v) is 6.76. The van der Waals surface area contributed by atoms with Gasteiger partial charge in [0.1, 0.15) is 6.10 Å². The van der Waals surface area contributed by atoms with Gasteiger partial charge in [0.05, 0.1) is 6.61 Å². The highest BCUT2D eigenvalue weighted by atomic mass is 16.5. The van der Waals surface area contributed by atoms with Crippen LogP contribution in [0.1, 0.15) is 48.5 Å². The van der Waals surface area contributed by atoms with Gasteiger partial charge in [0, 0.05) is 17.6 Å². The molecule has 1 aromatic rings. The standard InChI is InChI=1S/C20H26N2O3/c1-14-19(23)21-17-11-7-12-18(17)22-20(24)16-10-5-4-9-15(16)8-3-2-6-13-25-14/h2-5,9-10,14,17-18H,6-8,11-13H2,1H3,(H,21,23)(H,22,24)/b3-2+/t14?,17-,18+/m0/s1. The van der Waals surface area contributed by atoms with Crippen LogP contribution in [-0.4, -0.2) is 36.6 Å². The minimum atomic E-state index is -0.479. The zero-order valence-corrected chi connectivity index (χ0v) is 14.7. The predicted octanol–water partition coefficient (Wildman–Crippen LogP) is 2.36. The van der Waals surface area contributed by atoms with E-state index in [0.29, 0.717) is 18.6 Å². The van der Waals surface area contributed by atoms with Crippen molar-refractivity contribution in [2.24, 2.45) is 0 Å². The molecule has 5 nitrogen and oxygen atoms in total. The Kier molecular flexibility index (Phi) is 5.87. The van der Waals surface area contributed by atoms with E-state index in [0.717, 1.165) is 31.2 Å². The van der Waals surface area contributed by atoms with Gasteiger partial charge in [0.15, 0.2) is 0 Å². The summed E-state index contributed by atoms with van der Waals surface area (Å²) >= 11 is 0. The first-order valence-corrected chi connectivity index (χ1v) is 9.11. The van der Waals surface area contributed by atoms with Crippen LogP contribution in [0.25, 0.3) is 0 Å². The summed E-state index contributed by atoms with van der Waals surface area (Å²) in [5, 5.41) is 6.17. The van der Waals surface area contributed by atoms with Gasteiger partial charge in [-0.3, -0.25) is 9.59 Å². The first kappa shape index (κ1) is 17.7. The number of carbonyl (C=O) groups excluding carboxylic acids is 2. The molecule has 1 unspecified atom stereocenters. The first-order chi connectivity index (χ1) is 12.1. The molecule has 0 saturated heterocycles. The fourth-order valence-corrected chi connectivity index (χ4v) is 3.49. The van der Waals surface area contributed by atoms with Crippen molar-refractivity contribution in [2.45, 2.75) is 57.2 Å². The molecule has 1 aliphatic carbocycles. The van der Waals surface area contributed by atoms with Gasteiger partial charge in [-0.2, -0.15) is 0 Å². The van der Waals surface area contributed by atoms with Crippen molar-refractivity contribution in [3.63, 3.8) is 0 Å². The fraction of sp³-hybridized carbons (Fsp3) is 0.500. The molecule has 0 spiro atoms. The van der Waals surface area contributed by atoms with E-state index in [4.69, 9.17) is 4.74 Å². The van der Waals surface area contributed by atoms with Crippen LogP contribution in [-0.2, 0) is 16.0 Å². The Morgan fingerprint density at radius 1 is 1.04 bits per heavy atom. The van der Waals surface area contributed by atoms with Crippen LogP contribution in [0.3, 0.4) is 0 Å². The van der Waals surface area contributed by atoms with E-state index in [-0.39, 0.29) is 23.9 Å². The van der Waals surface area contributed by atoms with Crippen molar-refractivity contribution in [3.05, 3.63) is 47.5 Å². The van der Waals surface area contributed by atoms with Gasteiger partial charge >= 0.3 is 0 Å². The van der Waals surface area contributed by atoms with Crippen molar-refractivity contribution in [1.29, 1.82) is 0 Å². The Balaban J connectivity index is 1.82. The topological polar surface area (TPSA) is 67.4 Å². The molecule has 0 radical (unpaired) electrons. The van der Waals surface area contributed by atoms with Crippen LogP contribution in [0.2, 0.25) is 0 Å². The number of amides is 2. The minimum Gasteiger partial charge on any atom is -0.368 e. The molecule has 5 heteroatoms. The summed E-state index contributed by atoms with van der Waals surface area (Å²) in [6, 6.07) is 7.64. The molecule has 3 atom stereocenters. The third-order valence-corrected chi connectivity index (χ3v) is 4.95. The lowest BCUT2D eigenvalue weighted by molar-refractivity contribution is -0.132. The van der Waals surface area contributed by atoms with Gasteiger partial charge in [0.25, 0.3) is 5.91 Å². The summed E-state index contributed by atoms with van der Waals surface area (Å²) in [7, 11) is 0. The molecule has 1 saturated carbocycles. The second kappa shape index (κ2) is 8.30. The quantitative estimate of drug-likeness (QED) is 0.711. The maximum absolute atomic E-state index is 12.8. The lowest BCUT2D eigenvalue weighted by Crippen LogP contribution is -2.51. The van der Waals surface area contributed by atoms with Crippen molar-refractivity contribution < 1.29 is 14.3 Å². The molecule has 1 fully saturated rings. The smallest absolute Gasteiger partial charge is 0.251 e. The average Bonchev–Trinajstić information content (AvgIpc) is 3.03. The van der Waals surface area contributed by atoms with E-state index in [1.807, 2.05) is 30.3 Å². The van der Waals surface area contributed by atoms with Crippen LogP contribution in [0.15, 0.2) is 36.4 Å². The number of fused-ring (bicyclic) bond motifs is 2. The number of hydrogen-bond donors (Lipinski definition) is 2. The largest absolute Gasteiger partial charge is 0.368 e. The molecular weight excluding hydrogens is 316 g/mol. The van der Waals surface area contributed by atoms with E-state index in [9.17, 15) is 9.59 Å². The average molecular weight is 342 g/mol. The highest BCUT2D eigenvalue weighted by Crippen LogP contribution is 2.21. The van der Waals surface area contributed by atoms with Crippen molar-refractivity contribution in [1.82, 2.24) is 10.6 Å². The van der Waals surface area contributed by atoms with Gasteiger partial charge in [-0.25, -0.2) is 0 Å². The summed E-state index contributed by atoms with van der Waals surface area (Å²) in [5.74, 6) is -0.167. The molecule has 1 heterocycles.